The molecule has 60 valence electrons. The lowest BCUT2D eigenvalue weighted by Crippen LogP contribution is -2.03. The Hall–Kier alpha value is -0.650. The minimum absolute atomic E-state index is 0. The Labute approximate surface area is 53.9 Å². The van der Waals surface area contributed by atoms with Crippen molar-refractivity contribution in [2.75, 3.05) is 0 Å². The number of carboxylic acids is 1. The van der Waals surface area contributed by atoms with E-state index >= 15 is 0 Å². The summed E-state index contributed by atoms with van der Waals surface area (Å²) in [6, 6.07) is 0. The molecule has 0 atom stereocenters. The molecule has 0 aromatic heterocycles. The molecule has 0 saturated carbocycles. The van der Waals surface area contributed by atoms with Crippen molar-refractivity contribution in [3.63, 3.8) is 0 Å². The second kappa shape index (κ2) is 10.4. The SMILES string of the molecule is CC(C)C(=O)O.O.[NH4+].[OH-]. The zero-order valence-corrected chi connectivity index (χ0v) is 5.88. The minimum atomic E-state index is -0.741. The molecule has 0 unspecified atom stereocenters. The quantitative estimate of drug-likeness (QED) is 0.535. The normalized spacial score (nSPS) is 6.11. The monoisotopic (exact) mass is 141 g/mol. The third-order valence-electron chi connectivity index (χ3n) is 0.494. The van der Waals surface area contributed by atoms with Crippen LogP contribution in [0.15, 0.2) is 0 Å². The van der Waals surface area contributed by atoms with E-state index < -0.39 is 5.97 Å². The lowest BCUT2D eigenvalue weighted by Gasteiger charge is -1.89. The Bertz CT molecular complexity index is 63.6. The second-order valence-electron chi connectivity index (χ2n) is 1.49. The van der Waals surface area contributed by atoms with Crippen molar-refractivity contribution >= 4 is 5.97 Å². The van der Waals surface area contributed by atoms with Gasteiger partial charge in [0.25, 0.3) is 0 Å². The highest BCUT2D eigenvalue weighted by molar-refractivity contribution is 5.68. The summed E-state index contributed by atoms with van der Waals surface area (Å²) in [5, 5.41) is 7.99. The van der Waals surface area contributed by atoms with E-state index in [1.54, 1.807) is 13.8 Å². The first-order valence-electron chi connectivity index (χ1n) is 1.87. The van der Waals surface area contributed by atoms with E-state index in [4.69, 9.17) is 5.11 Å². The van der Waals surface area contributed by atoms with Crippen LogP contribution in [0, 0.1) is 5.92 Å². The zero-order valence-electron chi connectivity index (χ0n) is 5.88. The van der Waals surface area contributed by atoms with Gasteiger partial charge in [-0.05, 0) is 0 Å². The molecule has 9 heavy (non-hydrogen) atoms. The molecule has 5 nitrogen and oxygen atoms in total. The molecule has 0 aromatic carbocycles. The molecule has 0 spiro atoms. The molecule has 0 aliphatic carbocycles. The second-order valence-corrected chi connectivity index (χ2v) is 1.49. The Morgan fingerprint density at radius 3 is 1.56 bits per heavy atom. The molecule has 0 fully saturated rings. The van der Waals surface area contributed by atoms with Gasteiger partial charge in [-0.2, -0.15) is 0 Å². The van der Waals surface area contributed by atoms with Crippen LogP contribution in [0.5, 0.6) is 0 Å². The standard InChI is InChI=1S/C4H8O2.H3N.2H2O/c1-3(2)4(5)6;;;/h3H,1-2H3,(H,5,6);1H3;2*1H2. The van der Waals surface area contributed by atoms with Crippen LogP contribution < -0.4 is 6.15 Å². The van der Waals surface area contributed by atoms with E-state index in [0.29, 0.717) is 0 Å². The number of aliphatic carboxylic acids is 1. The Kier molecular flexibility index (Phi) is 27.4. The number of quaternary nitrogens is 1. The van der Waals surface area contributed by atoms with Crippen molar-refractivity contribution in [2.45, 2.75) is 13.8 Å². The molecular formula is C4H15NO4. The van der Waals surface area contributed by atoms with Gasteiger partial charge >= 0.3 is 5.97 Å². The third-order valence-corrected chi connectivity index (χ3v) is 0.494. The van der Waals surface area contributed by atoms with Crippen LogP contribution in [0.25, 0.3) is 0 Å². The van der Waals surface area contributed by atoms with Gasteiger partial charge in [0, 0.05) is 0 Å². The molecule has 0 bridgehead atoms. The maximum Gasteiger partial charge on any atom is 0.305 e. The number of carbonyl (C=O) groups is 1. The third kappa shape index (κ3) is 18.7. The zero-order chi connectivity index (χ0) is 5.15. The van der Waals surface area contributed by atoms with Crippen molar-refractivity contribution in [1.29, 1.82) is 0 Å². The van der Waals surface area contributed by atoms with Crippen LogP contribution in [-0.2, 0) is 4.79 Å². The fourth-order valence-electron chi connectivity index (χ4n) is 0. The smallest absolute Gasteiger partial charge is 0.305 e. The van der Waals surface area contributed by atoms with E-state index in [0.717, 1.165) is 0 Å². The summed E-state index contributed by atoms with van der Waals surface area (Å²) in [5.41, 5.74) is 0. The fraction of sp³-hybridized carbons (Fsp3) is 0.750. The summed E-state index contributed by atoms with van der Waals surface area (Å²) in [6.07, 6.45) is 0. The summed E-state index contributed by atoms with van der Waals surface area (Å²) >= 11 is 0. The van der Waals surface area contributed by atoms with Crippen molar-refractivity contribution < 1.29 is 20.9 Å². The predicted molar refractivity (Wildman–Crippen MR) is 34.0 cm³/mol. The Morgan fingerprint density at radius 1 is 1.44 bits per heavy atom. The van der Waals surface area contributed by atoms with Crippen molar-refractivity contribution in [3.8, 4) is 0 Å². The molecule has 0 aliphatic rings. The summed E-state index contributed by atoms with van der Waals surface area (Å²) in [5.74, 6) is -0.972. The average molecular weight is 141 g/mol. The van der Waals surface area contributed by atoms with Crippen LogP contribution in [-0.4, -0.2) is 22.0 Å². The van der Waals surface area contributed by atoms with Crippen molar-refractivity contribution in [2.24, 2.45) is 5.92 Å². The molecule has 0 aromatic rings. The van der Waals surface area contributed by atoms with Crippen LogP contribution in [0.2, 0.25) is 0 Å². The molecular weight excluding hydrogens is 126 g/mol. The van der Waals surface area contributed by atoms with Gasteiger partial charge in [0.15, 0.2) is 0 Å². The Balaban J connectivity index is -0.0000000417. The molecule has 5 heteroatoms. The average Bonchev–Trinajstić information content (AvgIpc) is 1.36. The van der Waals surface area contributed by atoms with Crippen LogP contribution >= 0.6 is 0 Å². The molecule has 0 saturated heterocycles. The topological polar surface area (TPSA) is 135 Å². The van der Waals surface area contributed by atoms with Gasteiger partial charge in [0.1, 0.15) is 0 Å². The first-order chi connectivity index (χ1) is 2.64. The lowest BCUT2D eigenvalue weighted by molar-refractivity contribution is -0.140. The Morgan fingerprint density at radius 2 is 1.56 bits per heavy atom. The number of hydrogen-bond donors (Lipinski definition) is 2. The molecule has 0 aliphatic heterocycles. The van der Waals surface area contributed by atoms with E-state index in [1.165, 1.54) is 0 Å². The fourth-order valence-corrected chi connectivity index (χ4v) is 0. The van der Waals surface area contributed by atoms with E-state index in [-0.39, 0.29) is 23.0 Å². The van der Waals surface area contributed by atoms with Crippen LogP contribution in [0.4, 0.5) is 0 Å². The first-order valence-corrected chi connectivity index (χ1v) is 1.87. The van der Waals surface area contributed by atoms with Gasteiger partial charge in [-0.3, -0.25) is 4.79 Å². The van der Waals surface area contributed by atoms with Gasteiger partial charge in [0.2, 0.25) is 0 Å². The highest BCUT2D eigenvalue weighted by Crippen LogP contribution is 1.87. The number of rotatable bonds is 1. The largest absolute Gasteiger partial charge is 0.870 e. The highest BCUT2D eigenvalue weighted by atomic mass is 16.4. The maximum atomic E-state index is 9.70. The van der Waals surface area contributed by atoms with E-state index in [9.17, 15) is 4.79 Å². The van der Waals surface area contributed by atoms with Gasteiger partial charge in [-0.1, -0.05) is 13.8 Å². The summed E-state index contributed by atoms with van der Waals surface area (Å²) in [4.78, 5) is 9.70. The summed E-state index contributed by atoms with van der Waals surface area (Å²) < 4.78 is 0. The minimum Gasteiger partial charge on any atom is -0.870 e. The van der Waals surface area contributed by atoms with Gasteiger partial charge in [-0.25, -0.2) is 0 Å². The lowest BCUT2D eigenvalue weighted by atomic mass is 10.2. The molecule has 0 heterocycles. The van der Waals surface area contributed by atoms with E-state index in [2.05, 4.69) is 0 Å². The van der Waals surface area contributed by atoms with Crippen molar-refractivity contribution in [3.05, 3.63) is 0 Å². The van der Waals surface area contributed by atoms with Gasteiger partial charge in [-0.15, -0.1) is 0 Å². The van der Waals surface area contributed by atoms with Crippen LogP contribution in [0.1, 0.15) is 13.8 Å². The summed E-state index contributed by atoms with van der Waals surface area (Å²) in [7, 11) is 0. The molecule has 0 rings (SSSR count). The molecule has 0 radical (unpaired) electrons. The summed E-state index contributed by atoms with van der Waals surface area (Å²) in [6.45, 7) is 3.28. The number of hydrogen-bond acceptors (Lipinski definition) is 2. The highest BCUT2D eigenvalue weighted by Gasteiger charge is 1.99. The first kappa shape index (κ1) is 23.8. The number of carboxylic acid groups (broad SMARTS) is 1. The van der Waals surface area contributed by atoms with Gasteiger partial charge < -0.3 is 22.2 Å². The maximum absolute atomic E-state index is 9.70. The van der Waals surface area contributed by atoms with Crippen molar-refractivity contribution in [1.82, 2.24) is 6.15 Å². The molecule has 0 amide bonds. The van der Waals surface area contributed by atoms with Crippen LogP contribution in [0.3, 0.4) is 0 Å². The predicted octanol–water partition coefficient (Wildman–Crippen LogP) is 0.102. The molecule has 8 N–H and O–H groups in total. The van der Waals surface area contributed by atoms with E-state index in [1.807, 2.05) is 0 Å². The van der Waals surface area contributed by atoms with Gasteiger partial charge in [0.05, 0.1) is 5.92 Å².